The van der Waals surface area contributed by atoms with Gasteiger partial charge in [0.15, 0.2) is 0 Å². The van der Waals surface area contributed by atoms with Crippen LogP contribution < -0.4 is 15.5 Å². The Balaban J connectivity index is 1.68. The zero-order valence-electron chi connectivity index (χ0n) is 16.7. The molecule has 0 radical (unpaired) electrons. The molecule has 8 nitrogen and oxygen atoms in total. The van der Waals surface area contributed by atoms with Gasteiger partial charge in [0.2, 0.25) is 11.5 Å². The fourth-order valence-corrected chi connectivity index (χ4v) is 3.31. The molecule has 158 valence electrons. The summed E-state index contributed by atoms with van der Waals surface area (Å²) >= 11 is 0. The van der Waals surface area contributed by atoms with Crippen molar-refractivity contribution < 1.29 is 23.9 Å². The minimum Gasteiger partial charge on any atom is -0.372 e. The summed E-state index contributed by atoms with van der Waals surface area (Å²) in [6.07, 6.45) is 1.94. The highest BCUT2D eigenvalue weighted by atomic mass is 19.1. The van der Waals surface area contributed by atoms with Crippen molar-refractivity contribution in [3.05, 3.63) is 53.5 Å². The van der Waals surface area contributed by atoms with Crippen LogP contribution in [0.5, 0.6) is 0 Å². The van der Waals surface area contributed by atoms with E-state index in [1.165, 1.54) is 36.2 Å². The van der Waals surface area contributed by atoms with Gasteiger partial charge in [0.1, 0.15) is 11.6 Å². The minimum absolute atomic E-state index is 0.00779. The number of carbonyl (C=O) groups excluding carboxylic acids is 3. The van der Waals surface area contributed by atoms with Gasteiger partial charge in [0, 0.05) is 26.4 Å². The van der Waals surface area contributed by atoms with E-state index in [2.05, 4.69) is 15.6 Å². The van der Waals surface area contributed by atoms with Gasteiger partial charge in [-0.2, -0.15) is 0 Å². The van der Waals surface area contributed by atoms with E-state index in [0.717, 1.165) is 5.56 Å². The van der Waals surface area contributed by atoms with Crippen LogP contribution in [0.2, 0.25) is 0 Å². The van der Waals surface area contributed by atoms with Crippen molar-refractivity contribution in [2.45, 2.75) is 38.8 Å². The van der Waals surface area contributed by atoms with Crippen molar-refractivity contribution in [1.29, 1.82) is 0 Å². The molecule has 30 heavy (non-hydrogen) atoms. The summed E-state index contributed by atoms with van der Waals surface area (Å²) in [4.78, 5) is 41.7. The number of halogens is 1. The molecule has 1 fully saturated rings. The number of aromatic nitrogens is 1. The third-order valence-electron chi connectivity index (χ3n) is 4.91. The first-order valence-corrected chi connectivity index (χ1v) is 9.57. The number of amides is 3. The molecule has 9 heteroatoms. The Labute approximate surface area is 173 Å². The Hall–Kier alpha value is -3.33. The highest BCUT2D eigenvalue weighted by molar-refractivity contribution is 6.16. The second-order valence-electron chi connectivity index (χ2n) is 7.15. The van der Waals surface area contributed by atoms with Crippen molar-refractivity contribution >= 4 is 29.2 Å². The molecule has 3 N–H and O–H groups in total. The Morgan fingerprint density at radius 1 is 1.27 bits per heavy atom. The van der Waals surface area contributed by atoms with E-state index in [-0.39, 0.29) is 25.4 Å². The number of aliphatic hydroxyl groups is 1. The normalized spacial score (nSPS) is 18.4. The highest BCUT2D eigenvalue weighted by Crippen LogP contribution is 2.29. The second kappa shape index (κ2) is 8.58. The molecule has 0 aliphatic carbocycles. The van der Waals surface area contributed by atoms with Crippen LogP contribution in [-0.2, 0) is 27.3 Å². The number of nitrogens with zero attached hydrogens (tertiary/aromatic N) is 2. The van der Waals surface area contributed by atoms with E-state index < -0.39 is 23.2 Å². The van der Waals surface area contributed by atoms with Crippen LogP contribution >= 0.6 is 0 Å². The van der Waals surface area contributed by atoms with E-state index in [1.54, 1.807) is 12.1 Å². The minimum atomic E-state index is -2.21. The van der Waals surface area contributed by atoms with Crippen molar-refractivity contribution in [3.63, 3.8) is 0 Å². The molecule has 1 aliphatic rings. The van der Waals surface area contributed by atoms with E-state index >= 15 is 0 Å². The van der Waals surface area contributed by atoms with Gasteiger partial charge in [0.25, 0.3) is 11.8 Å². The summed E-state index contributed by atoms with van der Waals surface area (Å²) in [6.45, 7) is 3.37. The summed E-state index contributed by atoms with van der Waals surface area (Å²) in [5, 5.41) is 15.8. The number of nitrogens with one attached hydrogen (secondary N) is 2. The van der Waals surface area contributed by atoms with Crippen molar-refractivity contribution in [1.82, 2.24) is 10.3 Å². The Morgan fingerprint density at radius 2 is 2.00 bits per heavy atom. The van der Waals surface area contributed by atoms with Gasteiger partial charge >= 0.3 is 0 Å². The van der Waals surface area contributed by atoms with Gasteiger partial charge in [-0.3, -0.25) is 14.4 Å². The van der Waals surface area contributed by atoms with E-state index in [0.29, 0.717) is 23.5 Å². The fourth-order valence-electron chi connectivity index (χ4n) is 3.31. The smallest absolute Gasteiger partial charge is 0.268 e. The number of hydrogen-bond donors (Lipinski definition) is 3. The number of rotatable bonds is 6. The average molecular weight is 414 g/mol. The Morgan fingerprint density at radius 3 is 2.63 bits per heavy atom. The van der Waals surface area contributed by atoms with E-state index in [4.69, 9.17) is 0 Å². The maximum Gasteiger partial charge on any atom is 0.268 e. The van der Waals surface area contributed by atoms with Crippen LogP contribution in [0.3, 0.4) is 0 Å². The lowest BCUT2D eigenvalue weighted by Crippen LogP contribution is -2.52. The maximum absolute atomic E-state index is 13.7. The topological polar surface area (TPSA) is 112 Å². The number of benzene rings is 1. The summed E-state index contributed by atoms with van der Waals surface area (Å²) in [6, 6.07) is 7.57. The highest BCUT2D eigenvalue weighted by Gasteiger charge is 2.51. The molecule has 0 saturated carbocycles. The summed E-state index contributed by atoms with van der Waals surface area (Å²) in [5.41, 5.74) is -0.479. The number of aryl methyl sites for hydroxylation is 1. The third-order valence-corrected chi connectivity index (χ3v) is 4.91. The zero-order valence-corrected chi connectivity index (χ0v) is 16.7. The first kappa shape index (κ1) is 21.4. The standard InChI is InChI=1S/C21H23FN4O4/c1-3-14-8-15(10-16(22)9-14)11-24-19(28)21(30)6-7-26(20(21)29)17-4-5-18(23-12-17)25-13(2)27/h4-5,8-10,12,30H,3,6-7,11H2,1-2H3,(H,24,28)(H,23,25,27)/t21-/m1/s1. The average Bonchev–Trinajstić information content (AvgIpc) is 3.02. The van der Waals surface area contributed by atoms with E-state index in [9.17, 15) is 23.9 Å². The SMILES string of the molecule is CCc1cc(F)cc(CNC(=O)[C@]2(O)CCN(c3ccc(NC(C)=O)nc3)C2=O)c1. The van der Waals surface area contributed by atoms with Crippen LogP contribution in [-0.4, -0.2) is 40.0 Å². The number of anilines is 2. The molecule has 2 heterocycles. The molecule has 1 atom stereocenters. The first-order valence-electron chi connectivity index (χ1n) is 9.57. The molecule has 0 unspecified atom stereocenters. The molecule has 3 rings (SSSR count). The van der Waals surface area contributed by atoms with Crippen molar-refractivity contribution in [2.75, 3.05) is 16.8 Å². The molecular formula is C21H23FN4O4. The lowest BCUT2D eigenvalue weighted by atomic mass is 10.0. The predicted molar refractivity (Wildman–Crippen MR) is 108 cm³/mol. The van der Waals surface area contributed by atoms with Crippen molar-refractivity contribution in [3.8, 4) is 0 Å². The number of pyridine rings is 1. The van der Waals surface area contributed by atoms with E-state index in [1.807, 2.05) is 6.92 Å². The molecular weight excluding hydrogens is 391 g/mol. The van der Waals surface area contributed by atoms with Crippen LogP contribution in [0, 0.1) is 5.82 Å². The van der Waals surface area contributed by atoms with Crippen LogP contribution in [0.4, 0.5) is 15.9 Å². The van der Waals surface area contributed by atoms with Crippen molar-refractivity contribution in [2.24, 2.45) is 0 Å². The Bertz CT molecular complexity index is 979. The molecule has 3 amide bonds. The fraction of sp³-hybridized carbons (Fsp3) is 0.333. The maximum atomic E-state index is 13.7. The zero-order chi connectivity index (χ0) is 21.9. The third kappa shape index (κ3) is 4.46. The van der Waals surface area contributed by atoms with Gasteiger partial charge in [0.05, 0.1) is 11.9 Å². The number of carbonyl (C=O) groups is 3. The molecule has 1 aromatic heterocycles. The quantitative estimate of drug-likeness (QED) is 0.621. The summed E-state index contributed by atoms with van der Waals surface area (Å²) in [5.74, 6) is -1.95. The van der Waals surface area contributed by atoms with Crippen LogP contribution in [0.25, 0.3) is 0 Å². The van der Waals surface area contributed by atoms with Gasteiger partial charge in [-0.1, -0.05) is 13.0 Å². The predicted octanol–water partition coefficient (Wildman–Crippen LogP) is 1.53. The molecule has 0 spiro atoms. The van der Waals surface area contributed by atoms with Gasteiger partial charge in [-0.05, 0) is 41.8 Å². The van der Waals surface area contributed by atoms with Gasteiger partial charge < -0.3 is 20.6 Å². The van der Waals surface area contributed by atoms with Crippen LogP contribution in [0.15, 0.2) is 36.5 Å². The largest absolute Gasteiger partial charge is 0.372 e. The lowest BCUT2D eigenvalue weighted by molar-refractivity contribution is -0.149. The number of hydrogen-bond acceptors (Lipinski definition) is 5. The van der Waals surface area contributed by atoms with Crippen LogP contribution in [0.1, 0.15) is 31.4 Å². The molecule has 1 aromatic carbocycles. The monoisotopic (exact) mass is 414 g/mol. The molecule has 1 saturated heterocycles. The first-order chi connectivity index (χ1) is 14.2. The van der Waals surface area contributed by atoms with Gasteiger partial charge in [-0.25, -0.2) is 9.37 Å². The molecule has 1 aliphatic heterocycles. The van der Waals surface area contributed by atoms with Gasteiger partial charge in [-0.15, -0.1) is 0 Å². The molecule has 0 bridgehead atoms. The summed E-state index contributed by atoms with van der Waals surface area (Å²) < 4.78 is 13.7. The lowest BCUT2D eigenvalue weighted by Gasteiger charge is -2.22. The Kier molecular flexibility index (Phi) is 6.12. The second-order valence-corrected chi connectivity index (χ2v) is 7.15. The molecule has 2 aromatic rings. The summed E-state index contributed by atoms with van der Waals surface area (Å²) in [7, 11) is 0.